The Morgan fingerprint density at radius 1 is 0.895 bits per heavy atom. The number of ether oxygens (including phenoxy) is 4. The van der Waals surface area contributed by atoms with Crippen LogP contribution in [0.1, 0.15) is 5.56 Å². The highest BCUT2D eigenvalue weighted by Gasteiger charge is 2.25. The lowest BCUT2D eigenvalue weighted by molar-refractivity contribution is -0.115. The molecule has 3 aromatic carbocycles. The molecule has 0 bridgehead atoms. The van der Waals surface area contributed by atoms with Crippen molar-refractivity contribution in [3.05, 3.63) is 87.4 Å². The van der Waals surface area contributed by atoms with Crippen molar-refractivity contribution in [1.29, 1.82) is 0 Å². The molecule has 3 heterocycles. The molecule has 9 nitrogen and oxygen atoms in total. The highest BCUT2D eigenvalue weighted by atomic mass is 32.2. The smallest absolute Gasteiger partial charge is 0.290 e. The molecule has 2 aliphatic heterocycles. The quantitative estimate of drug-likeness (QED) is 0.262. The average Bonchev–Trinajstić information content (AvgIpc) is 3.53. The molecular weight excluding hydrogens is 510 g/mol. The van der Waals surface area contributed by atoms with Crippen LogP contribution in [0.5, 0.6) is 23.0 Å². The zero-order valence-electron chi connectivity index (χ0n) is 19.7. The van der Waals surface area contributed by atoms with Crippen LogP contribution in [0.3, 0.4) is 0 Å². The van der Waals surface area contributed by atoms with Gasteiger partial charge in [0.1, 0.15) is 24.5 Å². The van der Waals surface area contributed by atoms with Gasteiger partial charge in [-0.05, 0) is 65.9 Å². The number of hydrogen-bond donors (Lipinski definition) is 1. The molecule has 0 saturated carbocycles. The molecule has 0 spiro atoms. The highest BCUT2D eigenvalue weighted by Crippen LogP contribution is 2.39. The Labute approximate surface area is 219 Å². The SMILES string of the molecule is O=C1NC(=O)C(=Cc2ccc(OCCOc3c(-c4ccc5c(c4)OCO5)oc4ccccc4c3=O)cc2)S1. The van der Waals surface area contributed by atoms with Gasteiger partial charge in [0.25, 0.3) is 11.1 Å². The van der Waals surface area contributed by atoms with Gasteiger partial charge < -0.3 is 23.4 Å². The van der Waals surface area contributed by atoms with Crippen molar-refractivity contribution in [2.45, 2.75) is 0 Å². The monoisotopic (exact) mass is 529 g/mol. The third kappa shape index (κ3) is 4.69. The van der Waals surface area contributed by atoms with Crippen LogP contribution in [0.25, 0.3) is 28.4 Å². The molecule has 4 aromatic rings. The number of benzene rings is 3. The van der Waals surface area contributed by atoms with Crippen molar-refractivity contribution in [2.75, 3.05) is 20.0 Å². The van der Waals surface area contributed by atoms with E-state index in [1.165, 1.54) is 0 Å². The molecule has 1 N–H and O–H groups in total. The van der Waals surface area contributed by atoms with Crippen molar-refractivity contribution in [2.24, 2.45) is 0 Å². The Bertz CT molecular complexity index is 1660. The first-order valence-corrected chi connectivity index (χ1v) is 12.4. The fourth-order valence-corrected chi connectivity index (χ4v) is 4.70. The van der Waals surface area contributed by atoms with E-state index in [-0.39, 0.29) is 42.2 Å². The van der Waals surface area contributed by atoms with Gasteiger partial charge in [0.05, 0.1) is 10.3 Å². The molecule has 2 amide bonds. The second-order valence-corrected chi connectivity index (χ2v) is 9.29. The van der Waals surface area contributed by atoms with Gasteiger partial charge in [-0.1, -0.05) is 24.3 Å². The molecule has 190 valence electrons. The van der Waals surface area contributed by atoms with E-state index in [4.69, 9.17) is 23.4 Å². The molecule has 1 saturated heterocycles. The van der Waals surface area contributed by atoms with Crippen LogP contribution in [0.4, 0.5) is 4.79 Å². The summed E-state index contributed by atoms with van der Waals surface area (Å²) < 4.78 is 28.6. The normalized spacial score (nSPS) is 15.2. The number of nitrogens with one attached hydrogen (secondary N) is 1. The lowest BCUT2D eigenvalue weighted by atomic mass is 10.1. The van der Waals surface area contributed by atoms with Crippen LogP contribution >= 0.6 is 11.8 Å². The highest BCUT2D eigenvalue weighted by molar-refractivity contribution is 8.18. The van der Waals surface area contributed by atoms with E-state index in [1.807, 2.05) is 0 Å². The predicted molar refractivity (Wildman–Crippen MR) is 141 cm³/mol. The summed E-state index contributed by atoms with van der Waals surface area (Å²) in [5.41, 5.74) is 1.53. The topological polar surface area (TPSA) is 113 Å². The molecule has 38 heavy (non-hydrogen) atoms. The molecular formula is C28H19NO8S. The van der Waals surface area contributed by atoms with Crippen LogP contribution in [0.2, 0.25) is 0 Å². The second-order valence-electron chi connectivity index (χ2n) is 8.27. The lowest BCUT2D eigenvalue weighted by Crippen LogP contribution is -2.17. The first-order chi connectivity index (χ1) is 18.5. The zero-order chi connectivity index (χ0) is 26.1. The zero-order valence-corrected chi connectivity index (χ0v) is 20.5. The third-order valence-electron chi connectivity index (χ3n) is 5.81. The average molecular weight is 530 g/mol. The van der Waals surface area contributed by atoms with Crippen LogP contribution in [-0.4, -0.2) is 31.2 Å². The van der Waals surface area contributed by atoms with Gasteiger partial charge >= 0.3 is 0 Å². The van der Waals surface area contributed by atoms with Crippen molar-refractivity contribution in [3.8, 4) is 34.3 Å². The fourth-order valence-electron chi connectivity index (χ4n) is 4.02. The van der Waals surface area contributed by atoms with Crippen molar-refractivity contribution >= 4 is 40.0 Å². The number of hydrogen-bond acceptors (Lipinski definition) is 9. The summed E-state index contributed by atoms with van der Waals surface area (Å²) in [5.74, 6) is 1.72. The standard InChI is InChI=1S/C28H19NO8S/c30-24-19-3-1-2-4-20(19)37-25(17-7-10-21-22(14-17)36-15-35-21)26(24)34-12-11-33-18-8-5-16(6-9-18)13-23-27(31)29-28(32)38-23/h1-10,13-14H,11-12,15H2,(H,29,31,32). The summed E-state index contributed by atoms with van der Waals surface area (Å²) in [7, 11) is 0. The number of thioether (sulfide) groups is 1. The molecule has 0 radical (unpaired) electrons. The summed E-state index contributed by atoms with van der Waals surface area (Å²) in [6.07, 6.45) is 1.63. The van der Waals surface area contributed by atoms with Crippen LogP contribution in [-0.2, 0) is 4.79 Å². The van der Waals surface area contributed by atoms with E-state index in [0.717, 1.165) is 17.3 Å². The first kappa shape index (κ1) is 23.7. The summed E-state index contributed by atoms with van der Waals surface area (Å²) in [4.78, 5) is 36.7. The lowest BCUT2D eigenvalue weighted by Gasteiger charge is -2.13. The van der Waals surface area contributed by atoms with Gasteiger partial charge in [0.2, 0.25) is 18.0 Å². The number of rotatable bonds is 7. The Hall–Kier alpha value is -4.70. The van der Waals surface area contributed by atoms with Crippen molar-refractivity contribution < 1.29 is 33.0 Å². The van der Waals surface area contributed by atoms with Crippen LogP contribution in [0, 0.1) is 0 Å². The molecule has 0 unspecified atom stereocenters. The summed E-state index contributed by atoms with van der Waals surface area (Å²) in [6, 6.07) is 19.3. The minimum Gasteiger partial charge on any atom is -0.490 e. The van der Waals surface area contributed by atoms with Gasteiger partial charge in [-0.3, -0.25) is 19.7 Å². The minimum absolute atomic E-state index is 0.0787. The molecule has 2 aliphatic rings. The predicted octanol–water partition coefficient (Wildman–Crippen LogP) is 4.97. The van der Waals surface area contributed by atoms with E-state index in [1.54, 1.807) is 72.8 Å². The maximum Gasteiger partial charge on any atom is 0.290 e. The molecule has 6 rings (SSSR count). The molecule has 10 heteroatoms. The van der Waals surface area contributed by atoms with Gasteiger partial charge in [-0.25, -0.2) is 0 Å². The molecule has 0 atom stereocenters. The summed E-state index contributed by atoms with van der Waals surface area (Å²) in [5, 5.41) is 2.25. The Morgan fingerprint density at radius 3 is 2.50 bits per heavy atom. The number of carbonyl (C=O) groups excluding carboxylic acids is 2. The number of carbonyl (C=O) groups is 2. The molecule has 0 aliphatic carbocycles. The van der Waals surface area contributed by atoms with E-state index in [9.17, 15) is 14.4 Å². The first-order valence-electron chi connectivity index (χ1n) is 11.6. The minimum atomic E-state index is -0.407. The second kappa shape index (κ2) is 9.98. The Kier molecular flexibility index (Phi) is 6.22. The van der Waals surface area contributed by atoms with E-state index in [0.29, 0.717) is 38.7 Å². The molecule has 1 aromatic heterocycles. The summed E-state index contributed by atoms with van der Waals surface area (Å²) >= 11 is 0.862. The van der Waals surface area contributed by atoms with E-state index in [2.05, 4.69) is 5.32 Å². The largest absolute Gasteiger partial charge is 0.490 e. The Morgan fingerprint density at radius 2 is 1.68 bits per heavy atom. The van der Waals surface area contributed by atoms with Gasteiger partial charge in [-0.15, -0.1) is 0 Å². The fraction of sp³-hybridized carbons (Fsp3) is 0.107. The maximum absolute atomic E-state index is 13.3. The van der Waals surface area contributed by atoms with E-state index >= 15 is 0 Å². The van der Waals surface area contributed by atoms with Gasteiger partial charge in [-0.2, -0.15) is 0 Å². The number of imide groups is 1. The van der Waals surface area contributed by atoms with Crippen LogP contribution in [0.15, 0.2) is 80.8 Å². The molecule has 1 fully saturated rings. The maximum atomic E-state index is 13.3. The van der Waals surface area contributed by atoms with Crippen LogP contribution < -0.4 is 29.7 Å². The number of fused-ring (bicyclic) bond motifs is 2. The van der Waals surface area contributed by atoms with Gasteiger partial charge in [0, 0.05) is 5.56 Å². The third-order valence-corrected chi connectivity index (χ3v) is 6.62. The van der Waals surface area contributed by atoms with Crippen molar-refractivity contribution in [3.63, 3.8) is 0 Å². The Balaban J connectivity index is 1.18. The number of para-hydroxylation sites is 1. The van der Waals surface area contributed by atoms with E-state index < -0.39 is 5.91 Å². The number of amides is 2. The summed E-state index contributed by atoms with van der Waals surface area (Å²) in [6.45, 7) is 0.388. The van der Waals surface area contributed by atoms with Crippen molar-refractivity contribution in [1.82, 2.24) is 5.32 Å². The van der Waals surface area contributed by atoms with Gasteiger partial charge in [0.15, 0.2) is 17.3 Å².